The van der Waals surface area contributed by atoms with E-state index in [1.54, 1.807) is 10.9 Å². The maximum Gasteiger partial charge on any atom is 0.175 e. The van der Waals surface area contributed by atoms with Crippen molar-refractivity contribution in [3.05, 3.63) is 30.5 Å². The highest BCUT2D eigenvalue weighted by molar-refractivity contribution is 5.70. The van der Waals surface area contributed by atoms with Gasteiger partial charge in [-0.1, -0.05) is 6.07 Å². The second kappa shape index (κ2) is 4.37. The molecule has 1 heterocycles. The first-order valence-corrected chi connectivity index (χ1v) is 5.40. The molecule has 0 radical (unpaired) electrons. The molecule has 0 spiro atoms. The topological polar surface area (TPSA) is 59.1 Å². The molecule has 5 heteroatoms. The highest BCUT2D eigenvalue weighted by Crippen LogP contribution is 2.23. The molecule has 17 heavy (non-hydrogen) atoms. The average Bonchev–Trinajstić information content (AvgIpc) is 2.58. The predicted molar refractivity (Wildman–Crippen MR) is 71.7 cm³/mol. The third kappa shape index (κ3) is 2.50. The summed E-state index contributed by atoms with van der Waals surface area (Å²) in [5.41, 5.74) is 8.58. The van der Waals surface area contributed by atoms with Crippen molar-refractivity contribution in [1.82, 2.24) is 9.78 Å². The lowest BCUT2D eigenvalue weighted by molar-refractivity contribution is 0.771. The number of nitrogens with zero attached hydrogens (tertiary/aromatic N) is 3. The van der Waals surface area contributed by atoms with Crippen molar-refractivity contribution in [2.24, 2.45) is 7.05 Å². The summed E-state index contributed by atoms with van der Waals surface area (Å²) >= 11 is 0. The minimum Gasteiger partial charge on any atom is -0.394 e. The fourth-order valence-corrected chi connectivity index (χ4v) is 1.60. The molecule has 1 aromatic heterocycles. The quantitative estimate of drug-likeness (QED) is 0.845. The monoisotopic (exact) mass is 231 g/mol. The number of anilines is 4. The number of aryl methyl sites for hydroxylation is 1. The molecule has 0 unspecified atom stereocenters. The van der Waals surface area contributed by atoms with E-state index in [-0.39, 0.29) is 0 Å². The van der Waals surface area contributed by atoms with Crippen LogP contribution in [0.2, 0.25) is 0 Å². The summed E-state index contributed by atoms with van der Waals surface area (Å²) in [5, 5.41) is 7.45. The highest BCUT2D eigenvalue weighted by atomic mass is 15.3. The number of hydrogen-bond donors (Lipinski definition) is 2. The molecule has 0 aliphatic rings. The van der Waals surface area contributed by atoms with Gasteiger partial charge in [0.2, 0.25) is 0 Å². The molecule has 0 aliphatic carbocycles. The molecule has 2 aromatic rings. The van der Waals surface area contributed by atoms with E-state index in [4.69, 9.17) is 5.73 Å². The number of rotatable bonds is 3. The van der Waals surface area contributed by atoms with Gasteiger partial charge < -0.3 is 16.0 Å². The molecule has 1 aromatic carbocycles. The van der Waals surface area contributed by atoms with E-state index >= 15 is 0 Å². The number of aromatic nitrogens is 2. The second-order valence-corrected chi connectivity index (χ2v) is 4.18. The first kappa shape index (κ1) is 11.3. The van der Waals surface area contributed by atoms with Gasteiger partial charge in [-0.05, 0) is 18.2 Å². The summed E-state index contributed by atoms with van der Waals surface area (Å²) < 4.78 is 1.69. The fraction of sp³-hybridized carbons (Fsp3) is 0.250. The van der Waals surface area contributed by atoms with E-state index in [0.29, 0.717) is 11.5 Å². The Balaban J connectivity index is 2.24. The summed E-state index contributed by atoms with van der Waals surface area (Å²) in [7, 11) is 5.86. The van der Waals surface area contributed by atoms with Crippen LogP contribution in [0.5, 0.6) is 0 Å². The Labute approximate surface area is 101 Å². The number of nitrogens with two attached hydrogens (primary N) is 1. The van der Waals surface area contributed by atoms with Crippen LogP contribution < -0.4 is 16.0 Å². The first-order chi connectivity index (χ1) is 8.06. The van der Waals surface area contributed by atoms with E-state index in [0.717, 1.165) is 11.4 Å². The van der Waals surface area contributed by atoms with Crippen molar-refractivity contribution < 1.29 is 0 Å². The van der Waals surface area contributed by atoms with Crippen LogP contribution in [0.1, 0.15) is 0 Å². The fourth-order valence-electron chi connectivity index (χ4n) is 1.60. The highest BCUT2D eigenvalue weighted by Gasteiger charge is 2.05. The lowest BCUT2D eigenvalue weighted by Crippen LogP contribution is -2.08. The molecular formula is C12H17N5. The number of hydrogen-bond acceptors (Lipinski definition) is 4. The van der Waals surface area contributed by atoms with E-state index in [2.05, 4.69) is 10.4 Å². The van der Waals surface area contributed by atoms with E-state index in [1.807, 2.05) is 50.3 Å². The van der Waals surface area contributed by atoms with Gasteiger partial charge in [0.25, 0.3) is 0 Å². The Morgan fingerprint density at radius 1 is 1.35 bits per heavy atom. The summed E-state index contributed by atoms with van der Waals surface area (Å²) in [5.74, 6) is 0.684. The van der Waals surface area contributed by atoms with Crippen LogP contribution in [0, 0.1) is 0 Å². The Kier molecular flexibility index (Phi) is 2.91. The molecule has 0 saturated heterocycles. The van der Waals surface area contributed by atoms with Crippen LogP contribution in [-0.4, -0.2) is 23.9 Å². The van der Waals surface area contributed by atoms with Crippen molar-refractivity contribution in [3.63, 3.8) is 0 Å². The molecule has 0 bridgehead atoms. The molecule has 0 saturated carbocycles. The zero-order valence-electron chi connectivity index (χ0n) is 10.3. The summed E-state index contributed by atoms with van der Waals surface area (Å²) in [4.78, 5) is 2.05. The first-order valence-electron chi connectivity index (χ1n) is 5.40. The third-order valence-corrected chi connectivity index (χ3v) is 2.48. The van der Waals surface area contributed by atoms with Crippen LogP contribution in [0.15, 0.2) is 30.5 Å². The number of nitrogen functional groups attached to an aromatic ring is 1. The molecule has 0 aliphatic heterocycles. The molecule has 0 fully saturated rings. The van der Waals surface area contributed by atoms with Gasteiger partial charge in [-0.3, -0.25) is 4.68 Å². The van der Waals surface area contributed by atoms with Crippen molar-refractivity contribution in [1.29, 1.82) is 0 Å². The van der Waals surface area contributed by atoms with Crippen LogP contribution in [0.4, 0.5) is 22.9 Å². The lowest BCUT2D eigenvalue weighted by Gasteiger charge is -2.13. The minimum absolute atomic E-state index is 0.641. The Morgan fingerprint density at radius 2 is 2.12 bits per heavy atom. The van der Waals surface area contributed by atoms with Crippen molar-refractivity contribution in [2.75, 3.05) is 30.0 Å². The molecule has 0 atom stereocenters. The molecule has 0 amide bonds. The number of benzene rings is 1. The summed E-state index contributed by atoms with van der Waals surface area (Å²) in [6.07, 6.45) is 1.78. The molecule has 90 valence electrons. The van der Waals surface area contributed by atoms with Gasteiger partial charge in [-0.2, -0.15) is 5.10 Å². The van der Waals surface area contributed by atoms with Gasteiger partial charge >= 0.3 is 0 Å². The number of nitrogens with one attached hydrogen (secondary N) is 1. The van der Waals surface area contributed by atoms with Gasteiger partial charge in [0.05, 0.1) is 5.69 Å². The van der Waals surface area contributed by atoms with E-state index in [9.17, 15) is 0 Å². The third-order valence-electron chi connectivity index (χ3n) is 2.48. The Bertz CT molecular complexity index is 515. The van der Waals surface area contributed by atoms with Crippen molar-refractivity contribution in [3.8, 4) is 0 Å². The van der Waals surface area contributed by atoms with Gasteiger partial charge in [0.1, 0.15) is 0 Å². The average molecular weight is 231 g/mol. The summed E-state index contributed by atoms with van der Waals surface area (Å²) in [6.45, 7) is 0. The van der Waals surface area contributed by atoms with Gasteiger partial charge in [0.15, 0.2) is 5.82 Å². The minimum atomic E-state index is 0.641. The van der Waals surface area contributed by atoms with Crippen LogP contribution >= 0.6 is 0 Å². The van der Waals surface area contributed by atoms with E-state index < -0.39 is 0 Å². The van der Waals surface area contributed by atoms with Crippen LogP contribution in [-0.2, 0) is 7.05 Å². The van der Waals surface area contributed by atoms with Crippen molar-refractivity contribution in [2.45, 2.75) is 0 Å². The largest absolute Gasteiger partial charge is 0.394 e. The standard InChI is InChI=1S/C12H17N5/c1-16(2)10-6-4-5-9(7-10)14-12-11(13)8-17(3)15-12/h4-8H,13H2,1-3H3,(H,14,15). The van der Waals surface area contributed by atoms with Crippen LogP contribution in [0.3, 0.4) is 0 Å². The molecule has 5 nitrogen and oxygen atoms in total. The maximum absolute atomic E-state index is 5.83. The lowest BCUT2D eigenvalue weighted by atomic mass is 10.2. The van der Waals surface area contributed by atoms with Gasteiger partial charge in [-0.25, -0.2) is 0 Å². The smallest absolute Gasteiger partial charge is 0.175 e. The predicted octanol–water partition coefficient (Wildman–Crippen LogP) is 1.81. The second-order valence-electron chi connectivity index (χ2n) is 4.18. The zero-order chi connectivity index (χ0) is 12.4. The zero-order valence-corrected chi connectivity index (χ0v) is 10.3. The molecule has 3 N–H and O–H groups in total. The summed E-state index contributed by atoms with van der Waals surface area (Å²) in [6, 6.07) is 8.08. The van der Waals surface area contributed by atoms with Gasteiger partial charge in [-0.15, -0.1) is 0 Å². The Hall–Kier alpha value is -2.17. The maximum atomic E-state index is 5.83. The normalized spacial score (nSPS) is 10.3. The SMILES string of the molecule is CN(C)c1cccc(Nc2nn(C)cc2N)c1. The van der Waals surface area contributed by atoms with Gasteiger partial charge in [0, 0.05) is 38.7 Å². The van der Waals surface area contributed by atoms with Crippen molar-refractivity contribution >= 4 is 22.9 Å². The van der Waals surface area contributed by atoms with E-state index in [1.165, 1.54) is 0 Å². The molecule has 2 rings (SSSR count). The van der Waals surface area contributed by atoms with Crippen LogP contribution in [0.25, 0.3) is 0 Å². The Morgan fingerprint density at radius 3 is 2.71 bits per heavy atom. The molecular weight excluding hydrogens is 214 g/mol.